The van der Waals surface area contributed by atoms with Gasteiger partial charge in [-0.2, -0.15) is 0 Å². The van der Waals surface area contributed by atoms with Crippen molar-refractivity contribution in [2.75, 3.05) is 19.7 Å². The summed E-state index contributed by atoms with van der Waals surface area (Å²) in [7, 11) is 0. The van der Waals surface area contributed by atoms with Crippen molar-refractivity contribution < 1.29 is 9.13 Å². The van der Waals surface area contributed by atoms with Gasteiger partial charge in [-0.3, -0.25) is 4.90 Å². The van der Waals surface area contributed by atoms with Gasteiger partial charge in [0.25, 0.3) is 0 Å². The number of likely N-dealkylation sites (tertiary alicyclic amines) is 1. The zero-order chi connectivity index (χ0) is 15.4. The first-order chi connectivity index (χ1) is 10.7. The highest BCUT2D eigenvalue weighted by atomic mass is 19.1. The van der Waals surface area contributed by atoms with E-state index in [0.29, 0.717) is 18.4 Å². The van der Waals surface area contributed by atoms with E-state index < -0.39 is 0 Å². The van der Waals surface area contributed by atoms with Crippen LogP contribution >= 0.6 is 0 Å². The molecule has 2 aromatic rings. The Morgan fingerprint density at radius 3 is 2.73 bits per heavy atom. The van der Waals surface area contributed by atoms with Gasteiger partial charge in [-0.1, -0.05) is 18.2 Å². The fourth-order valence-electron chi connectivity index (χ4n) is 2.98. The number of aromatic nitrogens is 1. The van der Waals surface area contributed by atoms with E-state index in [1.807, 2.05) is 31.3 Å². The van der Waals surface area contributed by atoms with Gasteiger partial charge in [-0.05, 0) is 49.1 Å². The average molecular weight is 300 g/mol. The van der Waals surface area contributed by atoms with E-state index in [4.69, 9.17) is 4.74 Å². The van der Waals surface area contributed by atoms with Gasteiger partial charge in [0.15, 0.2) is 0 Å². The van der Waals surface area contributed by atoms with Crippen molar-refractivity contribution in [1.82, 2.24) is 9.88 Å². The molecule has 1 aromatic heterocycles. The summed E-state index contributed by atoms with van der Waals surface area (Å²) in [6.07, 6.45) is 3.01. The van der Waals surface area contributed by atoms with E-state index in [0.717, 1.165) is 26.1 Å². The van der Waals surface area contributed by atoms with Crippen molar-refractivity contribution in [1.29, 1.82) is 0 Å². The number of halogens is 1. The Morgan fingerprint density at radius 1 is 1.23 bits per heavy atom. The maximum atomic E-state index is 13.0. The summed E-state index contributed by atoms with van der Waals surface area (Å²) in [4.78, 5) is 6.73. The minimum absolute atomic E-state index is 0.168. The third-order valence-corrected chi connectivity index (χ3v) is 4.11. The number of benzene rings is 1. The standard InChI is InChI=1S/C18H21FN2O/c1-2-22-18-8-3-14(11-20-18)12-21-10-9-16(13-21)15-4-6-17(19)7-5-15/h3-8,11,16H,2,9-10,12-13H2,1H3. The molecule has 0 aliphatic carbocycles. The number of ether oxygens (including phenoxy) is 1. The molecule has 0 bridgehead atoms. The molecule has 1 aliphatic rings. The summed E-state index contributed by atoms with van der Waals surface area (Å²) in [5, 5.41) is 0. The lowest BCUT2D eigenvalue weighted by Gasteiger charge is -2.16. The van der Waals surface area contributed by atoms with Gasteiger partial charge >= 0.3 is 0 Å². The van der Waals surface area contributed by atoms with Crippen LogP contribution in [0.4, 0.5) is 4.39 Å². The van der Waals surface area contributed by atoms with Gasteiger partial charge in [0, 0.05) is 25.4 Å². The summed E-state index contributed by atoms with van der Waals surface area (Å²) < 4.78 is 18.4. The van der Waals surface area contributed by atoms with Crippen LogP contribution in [-0.2, 0) is 6.54 Å². The molecule has 0 spiro atoms. The number of rotatable bonds is 5. The summed E-state index contributed by atoms with van der Waals surface area (Å²) in [5.74, 6) is 1.01. The summed E-state index contributed by atoms with van der Waals surface area (Å²) in [6.45, 7) is 5.57. The predicted molar refractivity (Wildman–Crippen MR) is 84.4 cm³/mol. The Kier molecular flexibility index (Phi) is 4.68. The Morgan fingerprint density at radius 2 is 2.05 bits per heavy atom. The first-order valence-electron chi connectivity index (χ1n) is 7.80. The second-order valence-corrected chi connectivity index (χ2v) is 5.71. The van der Waals surface area contributed by atoms with E-state index in [-0.39, 0.29) is 5.82 Å². The number of hydrogen-bond donors (Lipinski definition) is 0. The molecule has 1 unspecified atom stereocenters. The van der Waals surface area contributed by atoms with Gasteiger partial charge in [0.05, 0.1) is 6.61 Å². The highest BCUT2D eigenvalue weighted by Crippen LogP contribution is 2.28. The van der Waals surface area contributed by atoms with Gasteiger partial charge in [-0.25, -0.2) is 9.37 Å². The van der Waals surface area contributed by atoms with Crippen LogP contribution in [0.15, 0.2) is 42.6 Å². The lowest BCUT2D eigenvalue weighted by molar-refractivity contribution is 0.319. The molecule has 2 heterocycles. The molecule has 3 rings (SSSR count). The van der Waals surface area contributed by atoms with E-state index in [1.54, 1.807) is 12.1 Å². The molecule has 4 heteroatoms. The van der Waals surface area contributed by atoms with E-state index >= 15 is 0 Å². The molecule has 0 radical (unpaired) electrons. The third-order valence-electron chi connectivity index (χ3n) is 4.11. The fourth-order valence-corrected chi connectivity index (χ4v) is 2.98. The fraction of sp³-hybridized carbons (Fsp3) is 0.389. The van der Waals surface area contributed by atoms with Gasteiger partial charge in [0.2, 0.25) is 5.88 Å². The maximum Gasteiger partial charge on any atom is 0.213 e. The Balaban J connectivity index is 1.57. The van der Waals surface area contributed by atoms with Crippen molar-refractivity contribution in [2.24, 2.45) is 0 Å². The second kappa shape index (κ2) is 6.88. The van der Waals surface area contributed by atoms with Gasteiger partial charge < -0.3 is 4.74 Å². The molecule has 22 heavy (non-hydrogen) atoms. The molecule has 1 aliphatic heterocycles. The quantitative estimate of drug-likeness (QED) is 0.843. The van der Waals surface area contributed by atoms with Crippen LogP contribution in [-0.4, -0.2) is 29.6 Å². The van der Waals surface area contributed by atoms with Crippen molar-refractivity contribution in [3.8, 4) is 5.88 Å². The van der Waals surface area contributed by atoms with Crippen molar-refractivity contribution in [3.63, 3.8) is 0 Å². The van der Waals surface area contributed by atoms with Crippen molar-refractivity contribution >= 4 is 0 Å². The normalized spacial score (nSPS) is 18.5. The van der Waals surface area contributed by atoms with E-state index in [2.05, 4.69) is 16.0 Å². The van der Waals surface area contributed by atoms with Crippen LogP contribution in [0, 0.1) is 5.82 Å². The Hall–Kier alpha value is -1.94. The molecule has 0 amide bonds. The zero-order valence-electron chi connectivity index (χ0n) is 12.8. The van der Waals surface area contributed by atoms with Crippen molar-refractivity contribution in [3.05, 3.63) is 59.5 Å². The SMILES string of the molecule is CCOc1ccc(CN2CCC(c3ccc(F)cc3)C2)cn1. The van der Waals surface area contributed by atoms with Crippen LogP contribution < -0.4 is 4.74 Å². The highest BCUT2D eigenvalue weighted by molar-refractivity contribution is 5.22. The molecule has 1 saturated heterocycles. The lowest BCUT2D eigenvalue weighted by Crippen LogP contribution is -2.19. The van der Waals surface area contributed by atoms with Crippen LogP contribution in [0.1, 0.15) is 30.4 Å². The maximum absolute atomic E-state index is 13.0. The summed E-state index contributed by atoms with van der Waals surface area (Å²) in [6, 6.07) is 10.9. The molecule has 0 N–H and O–H groups in total. The molecular weight excluding hydrogens is 279 g/mol. The molecule has 1 aromatic carbocycles. The third kappa shape index (κ3) is 3.63. The van der Waals surface area contributed by atoms with Crippen LogP contribution in [0.3, 0.4) is 0 Å². The Bertz CT molecular complexity index is 597. The monoisotopic (exact) mass is 300 g/mol. The minimum Gasteiger partial charge on any atom is -0.478 e. The van der Waals surface area contributed by atoms with Gasteiger partial charge in [0.1, 0.15) is 5.82 Å². The number of nitrogens with zero attached hydrogens (tertiary/aromatic N) is 2. The summed E-state index contributed by atoms with van der Waals surface area (Å²) in [5.41, 5.74) is 2.43. The molecule has 1 atom stereocenters. The summed E-state index contributed by atoms with van der Waals surface area (Å²) >= 11 is 0. The number of pyridine rings is 1. The van der Waals surface area contributed by atoms with Crippen LogP contribution in [0.5, 0.6) is 5.88 Å². The second-order valence-electron chi connectivity index (χ2n) is 5.71. The average Bonchev–Trinajstić information content (AvgIpc) is 2.99. The highest BCUT2D eigenvalue weighted by Gasteiger charge is 2.23. The lowest BCUT2D eigenvalue weighted by atomic mass is 9.99. The molecule has 3 nitrogen and oxygen atoms in total. The first kappa shape index (κ1) is 15.0. The largest absolute Gasteiger partial charge is 0.478 e. The molecular formula is C18H21FN2O. The minimum atomic E-state index is -0.168. The topological polar surface area (TPSA) is 25.4 Å². The molecule has 1 fully saturated rings. The van der Waals surface area contributed by atoms with Crippen LogP contribution in [0.2, 0.25) is 0 Å². The molecule has 116 valence electrons. The van der Waals surface area contributed by atoms with E-state index in [1.165, 1.54) is 11.1 Å². The van der Waals surface area contributed by atoms with Gasteiger partial charge in [-0.15, -0.1) is 0 Å². The zero-order valence-corrected chi connectivity index (χ0v) is 12.8. The molecule has 0 saturated carbocycles. The Labute approximate surface area is 130 Å². The van der Waals surface area contributed by atoms with Crippen LogP contribution in [0.25, 0.3) is 0 Å². The smallest absolute Gasteiger partial charge is 0.213 e. The predicted octanol–water partition coefficient (Wildman–Crippen LogP) is 3.61. The number of hydrogen-bond acceptors (Lipinski definition) is 3. The van der Waals surface area contributed by atoms with E-state index in [9.17, 15) is 4.39 Å². The first-order valence-corrected chi connectivity index (χ1v) is 7.80. The van der Waals surface area contributed by atoms with Crippen molar-refractivity contribution in [2.45, 2.75) is 25.8 Å².